The van der Waals surface area contributed by atoms with Crippen LogP contribution in [0.15, 0.2) is 48.5 Å². The summed E-state index contributed by atoms with van der Waals surface area (Å²) in [6.07, 6.45) is 1.07. The van der Waals surface area contributed by atoms with E-state index in [4.69, 9.17) is 31.2 Å². The predicted molar refractivity (Wildman–Crippen MR) is 189 cm³/mol. The highest BCUT2D eigenvalue weighted by Gasteiger charge is 2.35. The molecule has 9 nitrogen and oxygen atoms in total. The molecule has 2 atom stereocenters. The number of benzene rings is 3. The standard InChI is InChI=1S/C37H39ClN4O5S/c1-20-18-26-33(30(21-6-9-24(38)10-7-21)29(20)32(36(44)45)47-37(2,3)4)48-34(39-26)23-8-11-27-25(19-23)31(40-41(27)5)22-12-15-42(16-13-22)35(43)28-14-17-46-28/h6-11,18-19,22,28,32H,12-17H2,1-5H3,(H,44,45). The first-order valence-corrected chi connectivity index (χ1v) is 17.6. The number of aliphatic carboxylic acids is 1. The molecule has 0 aliphatic carbocycles. The van der Waals surface area contributed by atoms with Crippen LogP contribution in [-0.4, -0.2) is 68.0 Å². The van der Waals surface area contributed by atoms with Crippen LogP contribution in [0.3, 0.4) is 0 Å². The van der Waals surface area contributed by atoms with Crippen molar-refractivity contribution in [2.45, 2.75) is 70.7 Å². The molecular weight excluding hydrogens is 648 g/mol. The number of thiazole rings is 1. The van der Waals surface area contributed by atoms with Gasteiger partial charge in [-0.1, -0.05) is 23.7 Å². The Balaban J connectivity index is 1.30. The van der Waals surface area contributed by atoms with E-state index in [1.807, 2.05) is 74.7 Å². The average Bonchev–Trinajstić information content (AvgIpc) is 3.59. The zero-order valence-corrected chi connectivity index (χ0v) is 29.3. The first-order chi connectivity index (χ1) is 22.9. The van der Waals surface area contributed by atoms with Crippen molar-refractivity contribution in [3.8, 4) is 21.7 Å². The van der Waals surface area contributed by atoms with Crippen molar-refractivity contribution in [3.63, 3.8) is 0 Å². The monoisotopic (exact) mass is 686 g/mol. The lowest BCUT2D eigenvalue weighted by atomic mass is 9.91. The second-order valence-corrected chi connectivity index (χ2v) is 15.2. The van der Waals surface area contributed by atoms with Gasteiger partial charge in [0.1, 0.15) is 11.1 Å². The summed E-state index contributed by atoms with van der Waals surface area (Å²) in [5.41, 5.74) is 6.20. The summed E-state index contributed by atoms with van der Waals surface area (Å²) < 4.78 is 14.4. The summed E-state index contributed by atoms with van der Waals surface area (Å²) in [4.78, 5) is 32.5. The van der Waals surface area contributed by atoms with Crippen molar-refractivity contribution in [2.24, 2.45) is 7.05 Å². The minimum absolute atomic E-state index is 0.111. The number of carboxylic acids is 1. The molecule has 5 aromatic rings. The van der Waals surface area contributed by atoms with E-state index in [9.17, 15) is 14.7 Å². The number of carboxylic acid groups (broad SMARTS) is 1. The summed E-state index contributed by atoms with van der Waals surface area (Å²) in [7, 11) is 1.97. The molecule has 11 heteroatoms. The molecule has 2 saturated heterocycles. The molecule has 3 aromatic carbocycles. The quantitative estimate of drug-likeness (QED) is 0.185. The Labute approximate surface area is 288 Å². The molecule has 2 aromatic heterocycles. The maximum absolute atomic E-state index is 12.8. The van der Waals surface area contributed by atoms with Gasteiger partial charge in [-0.15, -0.1) is 11.3 Å². The summed E-state index contributed by atoms with van der Waals surface area (Å²) in [6.45, 7) is 9.57. The highest BCUT2D eigenvalue weighted by atomic mass is 35.5. The molecular formula is C37H39ClN4O5S. The molecule has 2 aliphatic rings. The van der Waals surface area contributed by atoms with E-state index in [1.165, 1.54) is 0 Å². The van der Waals surface area contributed by atoms with Crippen molar-refractivity contribution in [2.75, 3.05) is 19.7 Å². The molecule has 1 amide bonds. The van der Waals surface area contributed by atoms with Crippen molar-refractivity contribution in [1.82, 2.24) is 19.7 Å². The Morgan fingerprint density at radius 3 is 2.38 bits per heavy atom. The average molecular weight is 687 g/mol. The van der Waals surface area contributed by atoms with Crippen LogP contribution in [0.4, 0.5) is 0 Å². The number of nitrogens with zero attached hydrogens (tertiary/aromatic N) is 4. The lowest BCUT2D eigenvalue weighted by Gasteiger charge is -2.36. The molecule has 250 valence electrons. The first kappa shape index (κ1) is 32.7. The summed E-state index contributed by atoms with van der Waals surface area (Å²) in [6, 6.07) is 15.8. The smallest absolute Gasteiger partial charge is 0.337 e. The lowest BCUT2D eigenvalue weighted by Crippen LogP contribution is -2.48. The first-order valence-electron chi connectivity index (χ1n) is 16.4. The van der Waals surface area contributed by atoms with Crippen molar-refractivity contribution < 1.29 is 24.2 Å². The van der Waals surface area contributed by atoms with Gasteiger partial charge in [0, 0.05) is 59.6 Å². The van der Waals surface area contributed by atoms with Crippen LogP contribution < -0.4 is 0 Å². The SMILES string of the molecule is Cc1cc2nc(-c3ccc4c(c3)c(C3CCN(C(=O)C5CCO5)CC3)nn4C)sc2c(-c2ccc(Cl)cc2)c1C(OC(C)(C)C)C(=O)O. The number of carbonyl (C=O) groups is 2. The minimum atomic E-state index is -1.18. The van der Waals surface area contributed by atoms with Gasteiger partial charge in [0.2, 0.25) is 0 Å². The van der Waals surface area contributed by atoms with E-state index in [1.54, 1.807) is 11.3 Å². The fourth-order valence-corrected chi connectivity index (χ4v) is 8.14. The maximum Gasteiger partial charge on any atom is 0.337 e. The largest absolute Gasteiger partial charge is 0.479 e. The van der Waals surface area contributed by atoms with E-state index >= 15 is 0 Å². The van der Waals surface area contributed by atoms with Gasteiger partial charge in [-0.3, -0.25) is 9.48 Å². The fraction of sp³-hybridized carbons (Fsp3) is 0.405. The molecule has 1 N–H and O–H groups in total. The van der Waals surface area contributed by atoms with E-state index < -0.39 is 17.7 Å². The number of amides is 1. The maximum atomic E-state index is 12.8. The number of ether oxygens (including phenoxy) is 2. The Kier molecular flexibility index (Phi) is 8.56. The number of likely N-dealkylation sites (tertiary alicyclic amines) is 1. The third-order valence-electron chi connectivity index (χ3n) is 9.31. The molecule has 2 aliphatic heterocycles. The summed E-state index contributed by atoms with van der Waals surface area (Å²) >= 11 is 7.82. The normalized spacial score (nSPS) is 18.0. The van der Waals surface area contributed by atoms with Crippen LogP contribution in [0.1, 0.15) is 68.9 Å². The molecule has 0 bridgehead atoms. The third kappa shape index (κ3) is 6.11. The van der Waals surface area contributed by atoms with Crippen molar-refractivity contribution in [3.05, 3.63) is 70.4 Å². The molecule has 0 saturated carbocycles. The zero-order chi connectivity index (χ0) is 33.9. The van der Waals surface area contributed by atoms with Gasteiger partial charge < -0.3 is 19.5 Å². The number of carbonyl (C=O) groups excluding carboxylic acids is 1. The van der Waals surface area contributed by atoms with Crippen LogP contribution in [0.5, 0.6) is 0 Å². The fourth-order valence-electron chi connectivity index (χ4n) is 6.90. The Morgan fingerprint density at radius 1 is 1.06 bits per heavy atom. The van der Waals surface area contributed by atoms with Gasteiger partial charge in [-0.2, -0.15) is 5.10 Å². The summed E-state index contributed by atoms with van der Waals surface area (Å²) in [5, 5.41) is 17.9. The molecule has 0 spiro atoms. The number of rotatable bonds is 7. The summed E-state index contributed by atoms with van der Waals surface area (Å²) in [5.74, 6) is -0.698. The molecule has 48 heavy (non-hydrogen) atoms. The second-order valence-electron chi connectivity index (χ2n) is 13.8. The van der Waals surface area contributed by atoms with Gasteiger partial charge in [0.25, 0.3) is 5.91 Å². The number of hydrogen-bond acceptors (Lipinski definition) is 7. The van der Waals surface area contributed by atoms with Gasteiger partial charge in [-0.25, -0.2) is 9.78 Å². The molecule has 7 rings (SSSR count). The van der Waals surface area contributed by atoms with Crippen molar-refractivity contribution >= 4 is 55.9 Å². The highest BCUT2D eigenvalue weighted by Crippen LogP contribution is 2.45. The number of hydrogen-bond donors (Lipinski definition) is 1. The number of halogens is 1. The number of fused-ring (bicyclic) bond motifs is 2. The topological polar surface area (TPSA) is 107 Å². The second kappa shape index (κ2) is 12.6. The molecule has 2 fully saturated rings. The van der Waals surface area contributed by atoms with Gasteiger partial charge in [-0.05, 0) is 88.1 Å². The van der Waals surface area contributed by atoms with E-state index in [0.717, 1.165) is 73.3 Å². The third-order valence-corrected chi connectivity index (χ3v) is 10.7. The van der Waals surface area contributed by atoms with Crippen LogP contribution in [0.25, 0.3) is 42.8 Å². The van der Waals surface area contributed by atoms with Gasteiger partial charge in [0.05, 0.1) is 33.6 Å². The Morgan fingerprint density at radius 2 is 1.75 bits per heavy atom. The number of aromatic nitrogens is 3. The zero-order valence-electron chi connectivity index (χ0n) is 27.7. The number of piperidine rings is 1. The Bertz CT molecular complexity index is 2040. The Hall–Kier alpha value is -3.83. The van der Waals surface area contributed by atoms with E-state index in [2.05, 4.69) is 18.2 Å². The molecule has 2 unspecified atom stereocenters. The number of aryl methyl sites for hydroxylation is 2. The molecule has 4 heterocycles. The van der Waals surface area contributed by atoms with Crippen LogP contribution in [-0.2, 0) is 26.1 Å². The minimum Gasteiger partial charge on any atom is -0.479 e. The van der Waals surface area contributed by atoms with Crippen LogP contribution >= 0.6 is 22.9 Å². The lowest BCUT2D eigenvalue weighted by molar-refractivity contribution is -0.160. The van der Waals surface area contributed by atoms with Gasteiger partial charge in [0.15, 0.2) is 6.10 Å². The van der Waals surface area contributed by atoms with Crippen LogP contribution in [0.2, 0.25) is 5.02 Å². The van der Waals surface area contributed by atoms with Crippen LogP contribution in [0, 0.1) is 6.92 Å². The predicted octanol–water partition coefficient (Wildman–Crippen LogP) is 7.91. The van der Waals surface area contributed by atoms with E-state index in [0.29, 0.717) is 30.3 Å². The van der Waals surface area contributed by atoms with Crippen molar-refractivity contribution in [1.29, 1.82) is 0 Å². The highest BCUT2D eigenvalue weighted by molar-refractivity contribution is 7.22. The van der Waals surface area contributed by atoms with Gasteiger partial charge >= 0.3 is 5.97 Å². The molecule has 0 radical (unpaired) electrons. The van der Waals surface area contributed by atoms with E-state index in [-0.39, 0.29) is 17.9 Å².